The molecular weight excluding hydrogens is 251 g/mol. The zero-order valence-corrected chi connectivity index (χ0v) is 11.0. The maximum absolute atomic E-state index is 5.85. The first kappa shape index (κ1) is 12.5. The van der Waals surface area contributed by atoms with Crippen LogP contribution in [0.2, 0.25) is 5.02 Å². The third-order valence-electron chi connectivity index (χ3n) is 2.79. The molecule has 0 heterocycles. The van der Waals surface area contributed by atoms with Crippen LogP contribution >= 0.6 is 23.2 Å². The second-order valence-corrected chi connectivity index (χ2v) is 4.78. The van der Waals surface area contributed by atoms with E-state index in [1.165, 1.54) is 16.7 Å². The number of halogens is 2. The summed E-state index contributed by atoms with van der Waals surface area (Å²) in [6.45, 7) is 0. The van der Waals surface area contributed by atoms with Crippen molar-refractivity contribution >= 4 is 23.2 Å². The Kier molecular flexibility index (Phi) is 4.47. The molecule has 88 valence electrons. The Balaban J connectivity index is 1.95. The Morgan fingerprint density at radius 2 is 1.06 bits per heavy atom. The fraction of sp³-hybridized carbons (Fsp3) is 0.200. The highest BCUT2D eigenvalue weighted by atomic mass is 35.5. The van der Waals surface area contributed by atoms with Crippen molar-refractivity contribution in [2.75, 3.05) is 0 Å². The number of rotatable bonds is 4. The predicted octanol–water partition coefficient (Wildman–Crippen LogP) is 4.86. The van der Waals surface area contributed by atoms with Crippen molar-refractivity contribution in [2.24, 2.45) is 0 Å². The van der Waals surface area contributed by atoms with Gasteiger partial charge in [-0.1, -0.05) is 48.0 Å². The van der Waals surface area contributed by atoms with E-state index in [4.69, 9.17) is 23.2 Å². The molecule has 0 spiro atoms. The van der Waals surface area contributed by atoms with Crippen LogP contribution < -0.4 is 0 Å². The lowest BCUT2D eigenvalue weighted by molar-refractivity contribution is 0.959. The molecule has 0 aliphatic carbocycles. The summed E-state index contributed by atoms with van der Waals surface area (Å²) >= 11 is 11.6. The molecule has 2 rings (SSSR count). The number of hydrogen-bond donors (Lipinski definition) is 0. The minimum Gasteiger partial charge on any atom is -0.122 e. The van der Waals surface area contributed by atoms with Gasteiger partial charge in [0.15, 0.2) is 0 Å². The van der Waals surface area contributed by atoms with Crippen molar-refractivity contribution in [1.82, 2.24) is 0 Å². The van der Waals surface area contributed by atoms with E-state index < -0.39 is 0 Å². The van der Waals surface area contributed by atoms with Crippen LogP contribution in [0.3, 0.4) is 0 Å². The van der Waals surface area contributed by atoms with Crippen LogP contribution in [-0.4, -0.2) is 0 Å². The molecule has 0 fully saturated rings. The smallest absolute Gasteiger partial charge is 0.0474 e. The lowest BCUT2D eigenvalue weighted by atomic mass is 10.0. The molecule has 0 unspecified atom stereocenters. The van der Waals surface area contributed by atoms with Crippen LogP contribution in [0.4, 0.5) is 0 Å². The van der Waals surface area contributed by atoms with Gasteiger partial charge >= 0.3 is 0 Å². The number of benzene rings is 2. The van der Waals surface area contributed by atoms with Crippen LogP contribution in [0.15, 0.2) is 48.5 Å². The highest BCUT2D eigenvalue weighted by Crippen LogP contribution is 2.13. The van der Waals surface area contributed by atoms with Gasteiger partial charge in [0.05, 0.1) is 0 Å². The van der Waals surface area contributed by atoms with Crippen LogP contribution in [0.5, 0.6) is 0 Å². The summed E-state index contributed by atoms with van der Waals surface area (Å²) in [7, 11) is 0. The summed E-state index contributed by atoms with van der Waals surface area (Å²) in [5.74, 6) is 0.581. The minimum atomic E-state index is 0.581. The number of hydrogen-bond acceptors (Lipinski definition) is 0. The molecule has 0 saturated heterocycles. The largest absolute Gasteiger partial charge is 0.122 e. The summed E-state index contributed by atoms with van der Waals surface area (Å²) in [6.07, 6.45) is 2.08. The van der Waals surface area contributed by atoms with Crippen molar-refractivity contribution in [1.29, 1.82) is 0 Å². The summed E-state index contributed by atoms with van der Waals surface area (Å²) in [5.41, 5.74) is 3.83. The van der Waals surface area contributed by atoms with Crippen molar-refractivity contribution in [3.8, 4) is 0 Å². The molecular formula is C15H14Cl2. The van der Waals surface area contributed by atoms with E-state index in [-0.39, 0.29) is 0 Å². The van der Waals surface area contributed by atoms with Gasteiger partial charge in [0.2, 0.25) is 0 Å². The zero-order valence-electron chi connectivity index (χ0n) is 9.50. The van der Waals surface area contributed by atoms with Crippen molar-refractivity contribution < 1.29 is 0 Å². The Bertz CT molecular complexity index is 457. The van der Waals surface area contributed by atoms with Crippen molar-refractivity contribution in [2.45, 2.75) is 18.7 Å². The van der Waals surface area contributed by atoms with E-state index >= 15 is 0 Å². The molecule has 2 aromatic carbocycles. The molecule has 0 aromatic heterocycles. The average molecular weight is 265 g/mol. The molecule has 0 amide bonds. The fourth-order valence-corrected chi connectivity index (χ4v) is 2.04. The van der Waals surface area contributed by atoms with Crippen LogP contribution in [0.25, 0.3) is 0 Å². The lowest BCUT2D eigenvalue weighted by Crippen LogP contribution is -1.91. The highest BCUT2D eigenvalue weighted by molar-refractivity contribution is 6.30. The van der Waals surface area contributed by atoms with Crippen molar-refractivity contribution in [3.05, 3.63) is 70.2 Å². The maximum atomic E-state index is 5.85. The standard InChI is InChI=1S/C15H14Cl2/c16-11-14-5-3-12(4-6-14)1-2-13-7-9-15(17)10-8-13/h3-10H,1-2,11H2. The zero-order chi connectivity index (χ0) is 12.1. The van der Waals surface area contributed by atoms with Crippen molar-refractivity contribution in [3.63, 3.8) is 0 Å². The van der Waals surface area contributed by atoms with Gasteiger partial charge in [0, 0.05) is 10.9 Å². The maximum Gasteiger partial charge on any atom is 0.0474 e. The molecule has 17 heavy (non-hydrogen) atoms. The lowest BCUT2D eigenvalue weighted by Gasteiger charge is -2.03. The van der Waals surface area contributed by atoms with Gasteiger partial charge in [-0.3, -0.25) is 0 Å². The van der Waals surface area contributed by atoms with Gasteiger partial charge in [0.1, 0.15) is 0 Å². The third kappa shape index (κ3) is 3.76. The normalized spacial score (nSPS) is 10.5. The molecule has 0 bridgehead atoms. The SMILES string of the molecule is ClCc1ccc(CCc2ccc(Cl)cc2)cc1. The monoisotopic (exact) mass is 264 g/mol. The Morgan fingerprint density at radius 1 is 0.647 bits per heavy atom. The van der Waals surface area contributed by atoms with E-state index in [2.05, 4.69) is 36.4 Å². The molecule has 2 aromatic rings. The van der Waals surface area contributed by atoms with Crippen LogP contribution in [0, 0.1) is 0 Å². The fourth-order valence-electron chi connectivity index (χ4n) is 1.73. The van der Waals surface area contributed by atoms with E-state index in [0.717, 1.165) is 17.9 Å². The molecule has 2 heteroatoms. The molecule has 0 N–H and O–H groups in total. The first-order valence-electron chi connectivity index (χ1n) is 5.66. The van der Waals surface area contributed by atoms with Gasteiger partial charge in [-0.05, 0) is 41.7 Å². The summed E-state index contributed by atoms with van der Waals surface area (Å²) in [5, 5.41) is 0.792. The number of aryl methyl sites for hydroxylation is 2. The second-order valence-electron chi connectivity index (χ2n) is 4.08. The molecule has 0 aliphatic heterocycles. The predicted molar refractivity (Wildman–Crippen MR) is 74.9 cm³/mol. The van der Waals surface area contributed by atoms with Gasteiger partial charge < -0.3 is 0 Å². The van der Waals surface area contributed by atoms with Gasteiger partial charge in [-0.2, -0.15) is 0 Å². The van der Waals surface area contributed by atoms with E-state index in [9.17, 15) is 0 Å². The molecule has 0 nitrogen and oxygen atoms in total. The summed E-state index contributed by atoms with van der Waals surface area (Å²) in [4.78, 5) is 0. The second kappa shape index (κ2) is 6.09. The minimum absolute atomic E-state index is 0.581. The molecule has 0 aliphatic rings. The first-order valence-corrected chi connectivity index (χ1v) is 6.57. The van der Waals surface area contributed by atoms with Gasteiger partial charge in [-0.25, -0.2) is 0 Å². The topological polar surface area (TPSA) is 0 Å². The summed E-state index contributed by atoms with van der Waals surface area (Å²) < 4.78 is 0. The van der Waals surface area contributed by atoms with Gasteiger partial charge in [0.25, 0.3) is 0 Å². The van der Waals surface area contributed by atoms with Crippen LogP contribution in [-0.2, 0) is 18.7 Å². The Labute approximate surface area is 112 Å². The Hall–Kier alpha value is -0.980. The Morgan fingerprint density at radius 3 is 1.53 bits per heavy atom. The summed E-state index contributed by atoms with van der Waals surface area (Å²) in [6, 6.07) is 16.5. The van der Waals surface area contributed by atoms with Gasteiger partial charge in [-0.15, -0.1) is 11.6 Å². The average Bonchev–Trinajstić information content (AvgIpc) is 2.39. The molecule has 0 radical (unpaired) electrons. The quantitative estimate of drug-likeness (QED) is 0.692. The van der Waals surface area contributed by atoms with E-state index in [1.54, 1.807) is 0 Å². The van der Waals surface area contributed by atoms with Crippen LogP contribution in [0.1, 0.15) is 16.7 Å². The third-order valence-corrected chi connectivity index (χ3v) is 3.35. The van der Waals surface area contributed by atoms with E-state index in [0.29, 0.717) is 5.88 Å². The molecule has 0 atom stereocenters. The highest BCUT2D eigenvalue weighted by Gasteiger charge is 1.97. The number of alkyl halides is 1. The first-order chi connectivity index (χ1) is 8.28. The molecule has 0 saturated carbocycles. The van der Waals surface area contributed by atoms with E-state index in [1.807, 2.05) is 12.1 Å².